The van der Waals surface area contributed by atoms with E-state index in [9.17, 15) is 5.11 Å². The Kier molecular flexibility index (Phi) is 4.13. The van der Waals surface area contributed by atoms with E-state index in [1.807, 2.05) is 38.2 Å². The average molecular weight is 203 g/mol. The van der Waals surface area contributed by atoms with Gasteiger partial charge in [0.2, 0.25) is 0 Å². The summed E-state index contributed by atoms with van der Waals surface area (Å²) < 4.78 is 0. The Balaban J connectivity index is 2.84. The topological polar surface area (TPSA) is 32.3 Å². The minimum Gasteiger partial charge on any atom is -0.508 e. The fraction of sp³-hybridized carbons (Fsp3) is 0.231. The summed E-state index contributed by atoms with van der Waals surface area (Å²) in [6, 6.07) is 7.71. The van der Waals surface area contributed by atoms with E-state index in [0.717, 1.165) is 16.7 Å². The lowest BCUT2D eigenvalue weighted by atomic mass is 10.1. The van der Waals surface area contributed by atoms with Gasteiger partial charge in [0.05, 0.1) is 0 Å². The van der Waals surface area contributed by atoms with Crippen molar-refractivity contribution >= 4 is 11.3 Å². The van der Waals surface area contributed by atoms with Crippen LogP contribution in [0.2, 0.25) is 0 Å². The molecule has 2 N–H and O–H groups in total. The lowest BCUT2D eigenvalue weighted by molar-refractivity contribution is 0.509. The van der Waals surface area contributed by atoms with Gasteiger partial charge in [-0.25, -0.2) is 0 Å². The van der Waals surface area contributed by atoms with Crippen LogP contribution in [0.4, 0.5) is 0 Å². The molecule has 80 valence electrons. The van der Waals surface area contributed by atoms with Gasteiger partial charge in [-0.05, 0) is 25.6 Å². The fourth-order valence-electron chi connectivity index (χ4n) is 1.24. The molecule has 0 saturated heterocycles. The van der Waals surface area contributed by atoms with Crippen LogP contribution in [0.5, 0.6) is 0 Å². The van der Waals surface area contributed by atoms with Crippen LogP contribution in [0, 0.1) is 0 Å². The third kappa shape index (κ3) is 3.26. The maximum Gasteiger partial charge on any atom is 0.120 e. The summed E-state index contributed by atoms with van der Waals surface area (Å²) in [6.45, 7) is 6.49. The summed E-state index contributed by atoms with van der Waals surface area (Å²) in [5.74, 6) is 0.303. The molecule has 0 aliphatic heterocycles. The van der Waals surface area contributed by atoms with E-state index in [4.69, 9.17) is 0 Å². The van der Waals surface area contributed by atoms with Crippen molar-refractivity contribution in [3.05, 3.63) is 48.0 Å². The monoisotopic (exact) mass is 203 g/mol. The highest BCUT2D eigenvalue weighted by Crippen LogP contribution is 2.16. The van der Waals surface area contributed by atoms with Gasteiger partial charge in [0.1, 0.15) is 5.76 Å². The molecule has 0 bridgehead atoms. The van der Waals surface area contributed by atoms with Gasteiger partial charge in [0.25, 0.3) is 0 Å². The Morgan fingerprint density at radius 3 is 2.33 bits per heavy atom. The highest BCUT2D eigenvalue weighted by molar-refractivity contribution is 5.65. The Bertz CT molecular complexity index is 363. The van der Waals surface area contributed by atoms with E-state index in [-0.39, 0.29) is 0 Å². The maximum atomic E-state index is 9.68. The highest BCUT2D eigenvalue weighted by Gasteiger charge is 1.98. The Morgan fingerprint density at radius 2 is 1.87 bits per heavy atom. The van der Waals surface area contributed by atoms with Crippen LogP contribution in [-0.4, -0.2) is 18.7 Å². The van der Waals surface area contributed by atoms with Crippen molar-refractivity contribution in [1.82, 2.24) is 5.32 Å². The first-order valence-corrected chi connectivity index (χ1v) is 4.95. The smallest absolute Gasteiger partial charge is 0.120 e. The van der Waals surface area contributed by atoms with Gasteiger partial charge >= 0.3 is 0 Å². The molecule has 0 amide bonds. The van der Waals surface area contributed by atoms with Crippen molar-refractivity contribution < 1.29 is 5.11 Å². The van der Waals surface area contributed by atoms with Crippen LogP contribution >= 0.6 is 0 Å². The number of likely N-dealkylation sites (N-methyl/N-ethyl adjacent to an activating group) is 1. The number of allylic oxidation sites excluding steroid dienone is 1. The number of aliphatic hydroxyl groups is 1. The number of rotatable bonds is 4. The van der Waals surface area contributed by atoms with E-state index in [1.54, 1.807) is 6.08 Å². The van der Waals surface area contributed by atoms with Crippen molar-refractivity contribution in [2.24, 2.45) is 0 Å². The molecule has 0 unspecified atom stereocenters. The van der Waals surface area contributed by atoms with E-state index in [2.05, 4.69) is 11.9 Å². The SMILES string of the molecule is C=C(C)c1ccc(/C(O)=C/CNC)cc1. The number of hydrogen-bond acceptors (Lipinski definition) is 2. The fourth-order valence-corrected chi connectivity index (χ4v) is 1.24. The van der Waals surface area contributed by atoms with Gasteiger partial charge in [-0.1, -0.05) is 36.4 Å². The maximum absolute atomic E-state index is 9.68. The Labute approximate surface area is 91.0 Å². The van der Waals surface area contributed by atoms with E-state index >= 15 is 0 Å². The first kappa shape index (κ1) is 11.5. The molecule has 1 rings (SSSR count). The Hall–Kier alpha value is -1.54. The summed E-state index contributed by atoms with van der Waals surface area (Å²) in [6.07, 6.45) is 1.75. The molecule has 0 radical (unpaired) electrons. The normalized spacial score (nSPS) is 11.5. The van der Waals surface area contributed by atoms with Crippen LogP contribution in [0.1, 0.15) is 18.1 Å². The van der Waals surface area contributed by atoms with Gasteiger partial charge in [-0.15, -0.1) is 0 Å². The van der Waals surface area contributed by atoms with Crippen LogP contribution in [0.25, 0.3) is 11.3 Å². The number of nitrogens with one attached hydrogen (secondary N) is 1. The molecule has 1 aromatic carbocycles. The van der Waals surface area contributed by atoms with E-state index in [1.165, 1.54) is 0 Å². The van der Waals surface area contributed by atoms with Gasteiger partial charge < -0.3 is 10.4 Å². The molecule has 2 nitrogen and oxygen atoms in total. The summed E-state index contributed by atoms with van der Waals surface area (Å²) in [7, 11) is 1.84. The first-order chi connectivity index (χ1) is 7.15. The van der Waals surface area contributed by atoms with Crippen molar-refractivity contribution in [3.63, 3.8) is 0 Å². The van der Waals surface area contributed by atoms with Crippen LogP contribution < -0.4 is 5.32 Å². The molecule has 0 aliphatic carbocycles. The molecule has 0 aliphatic rings. The molecule has 0 spiro atoms. The third-order valence-corrected chi connectivity index (χ3v) is 2.17. The molecule has 0 aromatic heterocycles. The molecule has 0 atom stereocenters. The molecule has 0 heterocycles. The summed E-state index contributed by atoms with van der Waals surface area (Å²) in [5, 5.41) is 12.6. The van der Waals surface area contributed by atoms with Crippen molar-refractivity contribution in [3.8, 4) is 0 Å². The summed E-state index contributed by atoms with van der Waals surface area (Å²) in [5.41, 5.74) is 2.95. The van der Waals surface area contributed by atoms with Gasteiger partial charge in [-0.2, -0.15) is 0 Å². The molecule has 0 saturated carbocycles. The van der Waals surface area contributed by atoms with Gasteiger partial charge in [0.15, 0.2) is 0 Å². The highest BCUT2D eigenvalue weighted by atomic mass is 16.3. The summed E-state index contributed by atoms with van der Waals surface area (Å²) >= 11 is 0. The number of benzene rings is 1. The zero-order valence-electron chi connectivity index (χ0n) is 9.25. The third-order valence-electron chi connectivity index (χ3n) is 2.17. The van der Waals surface area contributed by atoms with Crippen molar-refractivity contribution in [2.45, 2.75) is 6.92 Å². The van der Waals surface area contributed by atoms with Crippen LogP contribution in [0.3, 0.4) is 0 Å². The average Bonchev–Trinajstić information content (AvgIpc) is 2.26. The number of hydrogen-bond donors (Lipinski definition) is 2. The molecule has 15 heavy (non-hydrogen) atoms. The van der Waals surface area contributed by atoms with Crippen molar-refractivity contribution in [1.29, 1.82) is 0 Å². The van der Waals surface area contributed by atoms with Crippen LogP contribution in [0.15, 0.2) is 36.9 Å². The molecule has 0 fully saturated rings. The molecular weight excluding hydrogens is 186 g/mol. The minimum absolute atomic E-state index is 0.303. The Morgan fingerprint density at radius 1 is 1.33 bits per heavy atom. The molecular formula is C13H17NO. The lowest BCUT2D eigenvalue weighted by Crippen LogP contribution is -2.05. The lowest BCUT2D eigenvalue weighted by Gasteiger charge is -2.03. The van der Waals surface area contributed by atoms with E-state index < -0.39 is 0 Å². The van der Waals surface area contributed by atoms with Gasteiger partial charge in [0, 0.05) is 12.1 Å². The predicted octanol–water partition coefficient (Wildman–Crippen LogP) is 2.84. The van der Waals surface area contributed by atoms with Crippen molar-refractivity contribution in [2.75, 3.05) is 13.6 Å². The molecule has 2 heteroatoms. The first-order valence-electron chi connectivity index (χ1n) is 4.95. The predicted molar refractivity (Wildman–Crippen MR) is 65.7 cm³/mol. The zero-order chi connectivity index (χ0) is 11.3. The molecule has 1 aromatic rings. The second-order valence-corrected chi connectivity index (χ2v) is 3.50. The standard InChI is InChI=1S/C13H17NO/c1-10(2)11-4-6-12(7-5-11)13(15)8-9-14-3/h4-8,14-15H,1,9H2,2-3H3/b13-8-. The van der Waals surface area contributed by atoms with Crippen LogP contribution in [-0.2, 0) is 0 Å². The summed E-state index contributed by atoms with van der Waals surface area (Å²) in [4.78, 5) is 0. The largest absolute Gasteiger partial charge is 0.508 e. The second kappa shape index (κ2) is 5.37. The minimum atomic E-state index is 0.303. The zero-order valence-corrected chi connectivity index (χ0v) is 9.25. The van der Waals surface area contributed by atoms with Gasteiger partial charge in [-0.3, -0.25) is 0 Å². The quantitative estimate of drug-likeness (QED) is 0.737. The number of aliphatic hydroxyl groups excluding tert-OH is 1. The van der Waals surface area contributed by atoms with E-state index in [0.29, 0.717) is 12.3 Å². The second-order valence-electron chi connectivity index (χ2n) is 3.50.